The predicted octanol–water partition coefficient (Wildman–Crippen LogP) is 6.25. The smallest absolute Gasteiger partial charge is 0.449 e. The average molecular weight is 620 g/mol. The van der Waals surface area contributed by atoms with Gasteiger partial charge in [0.1, 0.15) is 30.4 Å². The maximum Gasteiger partial charge on any atom is 0.449 e. The fraction of sp³-hybridized carbons (Fsp3) is 0.167. The van der Waals surface area contributed by atoms with Crippen molar-refractivity contribution in [3.05, 3.63) is 113 Å². The molecule has 0 aliphatic rings. The van der Waals surface area contributed by atoms with Crippen LogP contribution >= 0.6 is 0 Å². The quantitative estimate of drug-likeness (QED) is 0.212. The summed E-state index contributed by atoms with van der Waals surface area (Å²) < 4.78 is 89.8. The molecule has 4 aromatic rings. The Kier molecular flexibility index (Phi) is 9.61. The van der Waals surface area contributed by atoms with Gasteiger partial charge in [-0.1, -0.05) is 18.2 Å². The second kappa shape index (κ2) is 13.4. The van der Waals surface area contributed by atoms with Crippen molar-refractivity contribution in [2.75, 3.05) is 25.5 Å². The summed E-state index contributed by atoms with van der Waals surface area (Å²) in [6, 6.07) is 15.6. The summed E-state index contributed by atoms with van der Waals surface area (Å²) in [5, 5.41) is 2.48. The second-order valence-electron chi connectivity index (χ2n) is 9.41. The lowest BCUT2D eigenvalue weighted by atomic mass is 10.2. The molecule has 3 aromatic carbocycles. The van der Waals surface area contributed by atoms with E-state index in [-0.39, 0.29) is 29.3 Å². The van der Waals surface area contributed by atoms with Crippen LogP contribution in [0.4, 0.5) is 32.0 Å². The van der Waals surface area contributed by atoms with E-state index in [1.54, 1.807) is 6.07 Å². The van der Waals surface area contributed by atoms with Crippen molar-refractivity contribution < 1.29 is 49.9 Å². The molecule has 1 heterocycles. The molecule has 14 heteroatoms. The van der Waals surface area contributed by atoms with Crippen LogP contribution in [-0.4, -0.2) is 47.7 Å². The van der Waals surface area contributed by atoms with Crippen LogP contribution in [0.3, 0.4) is 0 Å². The van der Waals surface area contributed by atoms with Crippen molar-refractivity contribution in [2.24, 2.45) is 0 Å². The number of ether oxygens (including phenoxy) is 1. The first-order valence-electron chi connectivity index (χ1n) is 12.8. The van der Waals surface area contributed by atoms with Gasteiger partial charge >= 0.3 is 6.18 Å². The van der Waals surface area contributed by atoms with Gasteiger partial charge in [-0.05, 0) is 54.6 Å². The van der Waals surface area contributed by atoms with E-state index >= 15 is 0 Å². The number of carbonyl (C=O) groups is 3. The molecule has 1 N–H and O–H groups in total. The largest absolute Gasteiger partial charge is 0.457 e. The van der Waals surface area contributed by atoms with Crippen LogP contribution in [0.5, 0.6) is 11.5 Å². The molecule has 0 unspecified atom stereocenters. The molecule has 0 radical (unpaired) electrons. The minimum absolute atomic E-state index is 0.0195. The number of nitrogens with zero attached hydrogens (tertiary/aromatic N) is 2. The van der Waals surface area contributed by atoms with Crippen molar-refractivity contribution in [3.63, 3.8) is 0 Å². The van der Waals surface area contributed by atoms with Crippen molar-refractivity contribution in [1.82, 2.24) is 9.80 Å². The molecule has 0 aliphatic heterocycles. The third-order valence-corrected chi connectivity index (χ3v) is 6.10. The molecule has 0 saturated carbocycles. The molecule has 4 rings (SSSR count). The zero-order valence-electron chi connectivity index (χ0n) is 22.8. The first-order valence-corrected chi connectivity index (χ1v) is 12.8. The molecule has 230 valence electrons. The Morgan fingerprint density at radius 1 is 0.818 bits per heavy atom. The SMILES string of the molecule is CN(Cc1ccccc1F)C(=O)CN(CC(=O)Nc1ccc(Oc2ccc(F)c(F)c2)cc1)C(=O)c1ccc(C(F)(F)F)o1. The number of rotatable bonds is 10. The van der Waals surface area contributed by atoms with Crippen molar-refractivity contribution in [3.8, 4) is 11.5 Å². The van der Waals surface area contributed by atoms with E-state index in [4.69, 9.17) is 4.74 Å². The molecule has 0 aliphatic carbocycles. The van der Waals surface area contributed by atoms with Gasteiger partial charge in [0.05, 0.1) is 0 Å². The maximum atomic E-state index is 14.1. The minimum Gasteiger partial charge on any atom is -0.457 e. The molecule has 0 fully saturated rings. The summed E-state index contributed by atoms with van der Waals surface area (Å²) >= 11 is 0. The van der Waals surface area contributed by atoms with Crippen LogP contribution in [0.2, 0.25) is 0 Å². The molecule has 3 amide bonds. The fourth-order valence-electron chi connectivity index (χ4n) is 3.87. The lowest BCUT2D eigenvalue weighted by Gasteiger charge is -2.24. The van der Waals surface area contributed by atoms with Crippen LogP contribution < -0.4 is 10.1 Å². The number of benzene rings is 3. The van der Waals surface area contributed by atoms with Gasteiger partial charge in [-0.3, -0.25) is 14.4 Å². The number of nitrogens with one attached hydrogen (secondary N) is 1. The average Bonchev–Trinajstić information content (AvgIpc) is 3.48. The molecule has 0 bridgehead atoms. The zero-order valence-corrected chi connectivity index (χ0v) is 22.8. The number of furan rings is 1. The number of hydrogen-bond donors (Lipinski definition) is 1. The number of carbonyl (C=O) groups excluding carboxylic acids is 3. The number of amides is 3. The maximum absolute atomic E-state index is 14.1. The highest BCUT2D eigenvalue weighted by Gasteiger charge is 2.36. The van der Waals surface area contributed by atoms with Gasteiger partial charge < -0.3 is 24.3 Å². The van der Waals surface area contributed by atoms with Crippen molar-refractivity contribution in [1.29, 1.82) is 0 Å². The molecule has 0 saturated heterocycles. The summed E-state index contributed by atoms with van der Waals surface area (Å²) in [5.41, 5.74) is 0.386. The summed E-state index contributed by atoms with van der Waals surface area (Å²) in [4.78, 5) is 40.7. The normalized spacial score (nSPS) is 11.2. The van der Waals surface area contributed by atoms with Crippen LogP contribution in [0.25, 0.3) is 0 Å². The molecule has 0 spiro atoms. The van der Waals surface area contributed by atoms with E-state index < -0.39 is 66.0 Å². The van der Waals surface area contributed by atoms with Gasteiger partial charge in [0.2, 0.25) is 17.6 Å². The number of anilines is 1. The van der Waals surface area contributed by atoms with Gasteiger partial charge in [-0.2, -0.15) is 13.2 Å². The number of hydrogen-bond acceptors (Lipinski definition) is 5. The van der Waals surface area contributed by atoms with Gasteiger partial charge in [0.25, 0.3) is 5.91 Å². The number of halogens is 6. The highest BCUT2D eigenvalue weighted by Crippen LogP contribution is 2.31. The summed E-state index contributed by atoms with van der Waals surface area (Å²) in [5.74, 6) is -7.42. The van der Waals surface area contributed by atoms with Crippen LogP contribution in [0.15, 0.2) is 83.3 Å². The zero-order chi connectivity index (χ0) is 32.0. The van der Waals surface area contributed by atoms with Crippen LogP contribution in [0.1, 0.15) is 21.9 Å². The standard InChI is InChI=1S/C30H23F6N3O5/c1-38(15-18-4-2-3-5-22(18)31)28(41)17-39(29(42)25-12-13-26(44-25)30(34,35)36)16-27(40)37-19-6-8-20(9-7-19)43-21-10-11-23(32)24(33)14-21/h2-14H,15-17H2,1H3,(H,37,40). The Morgan fingerprint density at radius 2 is 1.50 bits per heavy atom. The predicted molar refractivity (Wildman–Crippen MR) is 144 cm³/mol. The molecule has 0 atom stereocenters. The monoisotopic (exact) mass is 619 g/mol. The number of alkyl halides is 3. The Morgan fingerprint density at radius 3 is 2.14 bits per heavy atom. The number of likely N-dealkylation sites (N-methyl/N-ethyl adjacent to an activating group) is 1. The fourth-order valence-corrected chi connectivity index (χ4v) is 3.87. The van der Waals surface area contributed by atoms with Crippen molar-refractivity contribution >= 4 is 23.4 Å². The summed E-state index contributed by atoms with van der Waals surface area (Å²) in [7, 11) is 1.33. The van der Waals surface area contributed by atoms with Crippen LogP contribution in [0, 0.1) is 17.5 Å². The minimum atomic E-state index is -4.88. The topological polar surface area (TPSA) is 92.1 Å². The van der Waals surface area contributed by atoms with E-state index in [0.29, 0.717) is 11.0 Å². The highest BCUT2D eigenvalue weighted by atomic mass is 19.4. The van der Waals surface area contributed by atoms with E-state index in [1.165, 1.54) is 55.6 Å². The first-order chi connectivity index (χ1) is 20.8. The summed E-state index contributed by atoms with van der Waals surface area (Å²) in [6.07, 6.45) is -4.88. The lowest BCUT2D eigenvalue weighted by Crippen LogP contribution is -2.44. The lowest BCUT2D eigenvalue weighted by molar-refractivity contribution is -0.153. The van der Waals surface area contributed by atoms with Gasteiger partial charge in [-0.25, -0.2) is 13.2 Å². The van der Waals surface area contributed by atoms with E-state index in [1.807, 2.05) is 0 Å². The molecule has 44 heavy (non-hydrogen) atoms. The Bertz CT molecular complexity index is 1660. The Balaban J connectivity index is 1.46. The van der Waals surface area contributed by atoms with Crippen molar-refractivity contribution in [2.45, 2.75) is 12.7 Å². The van der Waals surface area contributed by atoms with Gasteiger partial charge in [0, 0.05) is 30.9 Å². The second-order valence-corrected chi connectivity index (χ2v) is 9.41. The molecule has 1 aromatic heterocycles. The van der Waals surface area contributed by atoms with E-state index in [2.05, 4.69) is 9.73 Å². The third kappa shape index (κ3) is 8.18. The first kappa shape index (κ1) is 31.7. The molecule has 8 nitrogen and oxygen atoms in total. The molecular formula is C30H23F6N3O5. The molecular weight excluding hydrogens is 596 g/mol. The van der Waals surface area contributed by atoms with Gasteiger partial charge in [-0.15, -0.1) is 0 Å². The third-order valence-electron chi connectivity index (χ3n) is 6.10. The van der Waals surface area contributed by atoms with E-state index in [0.717, 1.165) is 23.1 Å². The Hall–Kier alpha value is -5.27. The summed E-state index contributed by atoms with van der Waals surface area (Å²) in [6.45, 7) is -1.70. The van der Waals surface area contributed by atoms with Gasteiger partial charge in [0.15, 0.2) is 17.4 Å². The van der Waals surface area contributed by atoms with E-state index in [9.17, 15) is 40.7 Å². The Labute approximate surface area is 246 Å². The highest BCUT2D eigenvalue weighted by molar-refractivity contribution is 5.99. The van der Waals surface area contributed by atoms with Crippen LogP contribution in [-0.2, 0) is 22.3 Å².